The molecule has 1 N–H and O–H groups in total. The van der Waals surface area contributed by atoms with E-state index in [-0.39, 0.29) is 11.7 Å². The third-order valence-electron chi connectivity index (χ3n) is 2.72. The van der Waals surface area contributed by atoms with E-state index in [2.05, 4.69) is 21.2 Å². The van der Waals surface area contributed by atoms with E-state index >= 15 is 0 Å². The van der Waals surface area contributed by atoms with Crippen molar-refractivity contribution >= 4 is 27.3 Å². The molecule has 5 nitrogen and oxygen atoms in total. The van der Waals surface area contributed by atoms with Gasteiger partial charge in [-0.2, -0.15) is 0 Å². The van der Waals surface area contributed by atoms with E-state index in [4.69, 9.17) is 4.42 Å². The third-order valence-corrected chi connectivity index (χ3v) is 3.35. The normalized spacial score (nSPS) is 12.2. The Hall–Kier alpha value is -1.82. The van der Waals surface area contributed by atoms with Gasteiger partial charge in [0, 0.05) is 11.8 Å². The molecule has 100 valence electrons. The summed E-state index contributed by atoms with van der Waals surface area (Å²) in [6, 6.07) is 8.63. The van der Waals surface area contributed by atoms with Gasteiger partial charge in [0.25, 0.3) is 5.69 Å². The molecule has 0 aliphatic carbocycles. The van der Waals surface area contributed by atoms with E-state index in [9.17, 15) is 10.1 Å². The summed E-state index contributed by atoms with van der Waals surface area (Å²) in [6.45, 7) is 3.85. The molecule has 0 fully saturated rings. The van der Waals surface area contributed by atoms with Crippen molar-refractivity contribution in [3.05, 3.63) is 56.4 Å². The number of nitrogens with one attached hydrogen (secondary N) is 1. The van der Waals surface area contributed by atoms with Crippen molar-refractivity contribution in [2.24, 2.45) is 0 Å². The van der Waals surface area contributed by atoms with Crippen molar-refractivity contribution in [3.8, 4) is 0 Å². The molecule has 0 amide bonds. The minimum absolute atomic E-state index is 0.0120. The fourth-order valence-electron chi connectivity index (χ4n) is 1.75. The van der Waals surface area contributed by atoms with Crippen molar-refractivity contribution < 1.29 is 9.34 Å². The van der Waals surface area contributed by atoms with Gasteiger partial charge < -0.3 is 9.73 Å². The lowest BCUT2D eigenvalue weighted by atomic mass is 10.2. The first-order valence-corrected chi connectivity index (χ1v) is 6.53. The van der Waals surface area contributed by atoms with Gasteiger partial charge in [0.15, 0.2) is 0 Å². The van der Waals surface area contributed by atoms with E-state index < -0.39 is 4.92 Å². The zero-order valence-corrected chi connectivity index (χ0v) is 12.1. The predicted molar refractivity (Wildman–Crippen MR) is 76.3 cm³/mol. The molecule has 2 rings (SSSR count). The van der Waals surface area contributed by atoms with E-state index in [1.54, 1.807) is 12.1 Å². The molecule has 0 saturated heterocycles. The molecule has 1 atom stereocenters. The summed E-state index contributed by atoms with van der Waals surface area (Å²) in [6.07, 6.45) is 0. The fourth-order valence-corrected chi connectivity index (χ4v) is 2.28. The number of nitro groups is 1. The van der Waals surface area contributed by atoms with Crippen LogP contribution in [0.1, 0.15) is 24.5 Å². The van der Waals surface area contributed by atoms with Crippen LogP contribution >= 0.6 is 15.9 Å². The van der Waals surface area contributed by atoms with E-state index in [1.807, 2.05) is 26.0 Å². The summed E-state index contributed by atoms with van der Waals surface area (Å²) < 4.78 is 5.98. The molecule has 0 aliphatic rings. The largest absolute Gasteiger partial charge is 0.464 e. The van der Waals surface area contributed by atoms with Crippen LogP contribution in [-0.2, 0) is 0 Å². The quantitative estimate of drug-likeness (QED) is 0.667. The second-order valence-electron chi connectivity index (χ2n) is 4.24. The first-order chi connectivity index (χ1) is 8.97. The summed E-state index contributed by atoms with van der Waals surface area (Å²) in [7, 11) is 0. The van der Waals surface area contributed by atoms with Crippen LogP contribution in [0.15, 0.2) is 39.2 Å². The highest BCUT2D eigenvalue weighted by molar-refractivity contribution is 9.10. The summed E-state index contributed by atoms with van der Waals surface area (Å²) in [5.74, 6) is 1.68. The lowest BCUT2D eigenvalue weighted by Gasteiger charge is -2.13. The lowest BCUT2D eigenvalue weighted by molar-refractivity contribution is -0.385. The van der Waals surface area contributed by atoms with Gasteiger partial charge in [-0.05, 0) is 54.0 Å². The average Bonchev–Trinajstić information content (AvgIpc) is 2.75. The van der Waals surface area contributed by atoms with Gasteiger partial charge in [0.1, 0.15) is 11.5 Å². The highest BCUT2D eigenvalue weighted by atomic mass is 79.9. The number of furan rings is 1. The van der Waals surface area contributed by atoms with Crippen LogP contribution < -0.4 is 5.32 Å². The SMILES string of the molecule is Cc1ccc(C(C)Nc2ccc([N+](=O)[O-])c(Br)c2)o1. The number of anilines is 1. The van der Waals surface area contributed by atoms with Crippen molar-refractivity contribution in [2.45, 2.75) is 19.9 Å². The Morgan fingerprint density at radius 2 is 2.11 bits per heavy atom. The lowest BCUT2D eigenvalue weighted by Crippen LogP contribution is -2.05. The number of aryl methyl sites for hydroxylation is 1. The zero-order valence-electron chi connectivity index (χ0n) is 10.5. The third kappa shape index (κ3) is 3.14. The first kappa shape index (κ1) is 13.6. The van der Waals surface area contributed by atoms with Gasteiger partial charge in [-0.15, -0.1) is 0 Å². The highest BCUT2D eigenvalue weighted by Gasteiger charge is 2.14. The van der Waals surface area contributed by atoms with Crippen molar-refractivity contribution in [1.82, 2.24) is 0 Å². The van der Waals surface area contributed by atoms with Crippen LogP contribution in [0.5, 0.6) is 0 Å². The molecule has 1 aromatic carbocycles. The molecule has 0 bridgehead atoms. The number of nitro benzene ring substituents is 1. The monoisotopic (exact) mass is 324 g/mol. The Morgan fingerprint density at radius 1 is 1.37 bits per heavy atom. The number of halogens is 1. The van der Waals surface area contributed by atoms with E-state index in [0.29, 0.717) is 4.47 Å². The molecular weight excluding hydrogens is 312 g/mol. The number of hydrogen-bond acceptors (Lipinski definition) is 4. The predicted octanol–water partition coefficient (Wildman–Crippen LogP) is 4.43. The summed E-state index contributed by atoms with van der Waals surface area (Å²) in [4.78, 5) is 10.3. The maximum atomic E-state index is 10.7. The van der Waals surface area contributed by atoms with Gasteiger partial charge in [-0.1, -0.05) is 0 Å². The van der Waals surface area contributed by atoms with Crippen LogP contribution in [0.4, 0.5) is 11.4 Å². The number of benzene rings is 1. The van der Waals surface area contributed by atoms with Crippen LogP contribution in [0.2, 0.25) is 0 Å². The first-order valence-electron chi connectivity index (χ1n) is 5.74. The van der Waals surface area contributed by atoms with Crippen molar-refractivity contribution in [1.29, 1.82) is 0 Å². The van der Waals surface area contributed by atoms with Gasteiger partial charge in [-0.25, -0.2) is 0 Å². The minimum atomic E-state index is -0.423. The fraction of sp³-hybridized carbons (Fsp3) is 0.231. The molecule has 19 heavy (non-hydrogen) atoms. The number of nitrogens with zero attached hydrogens (tertiary/aromatic N) is 1. The molecule has 1 aromatic heterocycles. The topological polar surface area (TPSA) is 68.3 Å². The van der Waals surface area contributed by atoms with E-state index in [0.717, 1.165) is 17.2 Å². The molecule has 0 spiro atoms. The molecule has 1 heterocycles. The Kier molecular flexibility index (Phi) is 3.90. The van der Waals surface area contributed by atoms with Crippen LogP contribution in [-0.4, -0.2) is 4.92 Å². The second kappa shape index (κ2) is 5.44. The Morgan fingerprint density at radius 3 is 2.63 bits per heavy atom. The van der Waals surface area contributed by atoms with Gasteiger partial charge in [0.05, 0.1) is 15.4 Å². The Labute approximate surface area is 118 Å². The molecule has 6 heteroatoms. The smallest absolute Gasteiger partial charge is 0.283 e. The minimum Gasteiger partial charge on any atom is -0.464 e. The van der Waals surface area contributed by atoms with Crippen molar-refractivity contribution in [2.75, 3.05) is 5.32 Å². The average molecular weight is 325 g/mol. The standard InChI is InChI=1S/C13H13BrN2O3/c1-8-3-6-13(19-8)9(2)15-10-4-5-12(16(17)18)11(14)7-10/h3-7,9,15H,1-2H3. The van der Waals surface area contributed by atoms with Crippen molar-refractivity contribution in [3.63, 3.8) is 0 Å². The maximum Gasteiger partial charge on any atom is 0.283 e. The number of hydrogen-bond donors (Lipinski definition) is 1. The van der Waals surface area contributed by atoms with Gasteiger partial charge >= 0.3 is 0 Å². The molecular formula is C13H13BrN2O3. The summed E-state index contributed by atoms with van der Waals surface area (Å²) in [5, 5.41) is 14.0. The van der Waals surface area contributed by atoms with Crippen LogP contribution in [0.25, 0.3) is 0 Å². The molecule has 0 radical (unpaired) electrons. The molecule has 2 aromatic rings. The maximum absolute atomic E-state index is 10.7. The second-order valence-corrected chi connectivity index (χ2v) is 5.09. The summed E-state index contributed by atoms with van der Waals surface area (Å²) >= 11 is 3.19. The Balaban J connectivity index is 2.15. The molecule has 0 aliphatic heterocycles. The zero-order chi connectivity index (χ0) is 14.0. The summed E-state index contributed by atoms with van der Waals surface area (Å²) in [5.41, 5.74) is 0.839. The van der Waals surface area contributed by atoms with Gasteiger partial charge in [0.2, 0.25) is 0 Å². The van der Waals surface area contributed by atoms with E-state index in [1.165, 1.54) is 6.07 Å². The number of rotatable bonds is 4. The Bertz CT molecular complexity index is 610. The molecule has 0 saturated carbocycles. The highest BCUT2D eigenvalue weighted by Crippen LogP contribution is 2.29. The van der Waals surface area contributed by atoms with Crippen LogP contribution in [0.3, 0.4) is 0 Å². The van der Waals surface area contributed by atoms with Gasteiger partial charge in [-0.3, -0.25) is 10.1 Å². The van der Waals surface area contributed by atoms with Crippen LogP contribution in [0, 0.1) is 17.0 Å². The molecule has 1 unspecified atom stereocenters.